The van der Waals surface area contributed by atoms with Crippen molar-refractivity contribution in [3.05, 3.63) is 23.9 Å². The Hall–Kier alpha value is -1.43. The quantitative estimate of drug-likeness (QED) is 0.356. The van der Waals surface area contributed by atoms with Gasteiger partial charge in [-0.3, -0.25) is 0 Å². The van der Waals surface area contributed by atoms with Crippen molar-refractivity contribution in [3.63, 3.8) is 0 Å². The average molecular weight is 268 g/mol. The van der Waals surface area contributed by atoms with Crippen LogP contribution in [0.25, 0.3) is 0 Å². The van der Waals surface area contributed by atoms with Gasteiger partial charge in [-0.2, -0.15) is 11.8 Å². The molecule has 1 atom stereocenters. The van der Waals surface area contributed by atoms with Crippen LogP contribution in [-0.2, 0) is 0 Å². The van der Waals surface area contributed by atoms with Gasteiger partial charge in [-0.05, 0) is 37.5 Å². The summed E-state index contributed by atoms with van der Waals surface area (Å²) in [5, 5.41) is 11.5. The summed E-state index contributed by atoms with van der Waals surface area (Å²) in [7, 11) is 2.02. The van der Waals surface area contributed by atoms with E-state index >= 15 is 0 Å². The molecule has 3 N–H and O–H groups in total. The van der Waals surface area contributed by atoms with E-state index in [1.807, 2.05) is 24.9 Å². The SMILES string of the molecule is CSCCC(C)N(C)c1ccc(/C(N)=N/O)cn1. The average Bonchev–Trinajstić information content (AvgIpc) is 2.43. The number of hydrogen-bond donors (Lipinski definition) is 2. The number of oxime groups is 1. The van der Waals surface area contributed by atoms with Crippen molar-refractivity contribution in [2.75, 3.05) is 24.0 Å². The third-order valence-corrected chi connectivity index (χ3v) is 3.56. The lowest BCUT2D eigenvalue weighted by molar-refractivity contribution is 0.318. The fraction of sp³-hybridized carbons (Fsp3) is 0.500. The Bertz CT molecular complexity index is 394. The zero-order valence-electron chi connectivity index (χ0n) is 11.0. The van der Waals surface area contributed by atoms with E-state index in [1.165, 1.54) is 0 Å². The molecule has 1 aromatic heterocycles. The van der Waals surface area contributed by atoms with Gasteiger partial charge in [-0.15, -0.1) is 0 Å². The molecule has 1 heterocycles. The minimum absolute atomic E-state index is 0.0761. The van der Waals surface area contributed by atoms with Gasteiger partial charge >= 0.3 is 0 Å². The van der Waals surface area contributed by atoms with Crippen LogP contribution in [0.3, 0.4) is 0 Å². The first kappa shape index (κ1) is 14.6. The minimum atomic E-state index is 0.0761. The van der Waals surface area contributed by atoms with Crippen LogP contribution in [0.4, 0.5) is 5.82 Å². The lowest BCUT2D eigenvalue weighted by Crippen LogP contribution is -2.30. The van der Waals surface area contributed by atoms with Crippen LogP contribution in [0.15, 0.2) is 23.5 Å². The monoisotopic (exact) mass is 268 g/mol. The van der Waals surface area contributed by atoms with Gasteiger partial charge in [0, 0.05) is 24.8 Å². The first-order valence-electron chi connectivity index (χ1n) is 5.75. The number of rotatable bonds is 6. The van der Waals surface area contributed by atoms with E-state index < -0.39 is 0 Å². The number of hydrogen-bond acceptors (Lipinski definition) is 5. The van der Waals surface area contributed by atoms with Gasteiger partial charge < -0.3 is 15.8 Å². The molecule has 1 rings (SSSR count). The Morgan fingerprint density at radius 2 is 2.33 bits per heavy atom. The molecule has 18 heavy (non-hydrogen) atoms. The first-order valence-corrected chi connectivity index (χ1v) is 7.15. The van der Waals surface area contributed by atoms with Crippen LogP contribution < -0.4 is 10.6 Å². The normalized spacial score (nSPS) is 13.4. The number of aromatic nitrogens is 1. The van der Waals surface area contributed by atoms with E-state index in [4.69, 9.17) is 10.9 Å². The molecule has 0 spiro atoms. The molecule has 0 radical (unpaired) electrons. The van der Waals surface area contributed by atoms with E-state index in [9.17, 15) is 0 Å². The van der Waals surface area contributed by atoms with E-state index in [1.54, 1.807) is 12.3 Å². The summed E-state index contributed by atoms with van der Waals surface area (Å²) in [6.07, 6.45) is 4.83. The number of pyridine rings is 1. The highest BCUT2D eigenvalue weighted by Crippen LogP contribution is 2.15. The number of nitrogens with two attached hydrogens (primary N) is 1. The van der Waals surface area contributed by atoms with Crippen LogP contribution >= 0.6 is 11.8 Å². The lowest BCUT2D eigenvalue weighted by Gasteiger charge is -2.25. The van der Waals surface area contributed by atoms with Crippen LogP contribution in [0.5, 0.6) is 0 Å². The summed E-state index contributed by atoms with van der Waals surface area (Å²) < 4.78 is 0. The summed E-state index contributed by atoms with van der Waals surface area (Å²) in [6, 6.07) is 4.11. The molecule has 1 unspecified atom stereocenters. The summed E-state index contributed by atoms with van der Waals surface area (Å²) in [6.45, 7) is 2.18. The molecule has 0 aliphatic heterocycles. The first-order chi connectivity index (χ1) is 8.60. The molecule has 6 heteroatoms. The summed E-state index contributed by atoms with van der Waals surface area (Å²) in [5.41, 5.74) is 6.11. The maximum absolute atomic E-state index is 8.57. The highest BCUT2D eigenvalue weighted by molar-refractivity contribution is 7.98. The van der Waals surface area contributed by atoms with Crippen LogP contribution in [0.2, 0.25) is 0 Å². The molecule has 0 aromatic carbocycles. The zero-order chi connectivity index (χ0) is 13.5. The van der Waals surface area contributed by atoms with Gasteiger partial charge in [-0.1, -0.05) is 5.16 Å². The van der Waals surface area contributed by atoms with Crippen molar-refractivity contribution < 1.29 is 5.21 Å². The number of thioether (sulfide) groups is 1. The smallest absolute Gasteiger partial charge is 0.171 e. The zero-order valence-corrected chi connectivity index (χ0v) is 11.8. The molecule has 0 fully saturated rings. The predicted octanol–water partition coefficient (Wildman–Crippen LogP) is 1.75. The number of amidine groups is 1. The molecule has 0 amide bonds. The molecule has 5 nitrogen and oxygen atoms in total. The molecule has 0 aliphatic rings. The van der Waals surface area contributed by atoms with Crippen LogP contribution in [0, 0.1) is 0 Å². The van der Waals surface area contributed by atoms with Crippen molar-refractivity contribution in [2.45, 2.75) is 19.4 Å². The Kier molecular flexibility index (Phi) is 5.77. The highest BCUT2D eigenvalue weighted by Gasteiger charge is 2.11. The summed E-state index contributed by atoms with van der Waals surface area (Å²) >= 11 is 1.84. The standard InChI is InChI=1S/C12H20N4OS/c1-9(6-7-18-3)16(2)11-5-4-10(8-14-11)12(13)15-17/h4-5,8-9,17H,6-7H2,1-3H3,(H2,13,15). The second kappa shape index (κ2) is 7.10. The van der Waals surface area contributed by atoms with Crippen molar-refractivity contribution in [3.8, 4) is 0 Å². The van der Waals surface area contributed by atoms with Gasteiger partial charge in [0.1, 0.15) is 5.82 Å². The Morgan fingerprint density at radius 3 is 2.83 bits per heavy atom. The Balaban J connectivity index is 2.72. The fourth-order valence-electron chi connectivity index (χ4n) is 1.51. The highest BCUT2D eigenvalue weighted by atomic mass is 32.2. The van der Waals surface area contributed by atoms with Crippen LogP contribution in [-0.4, -0.2) is 41.1 Å². The predicted molar refractivity (Wildman–Crippen MR) is 77.6 cm³/mol. The Labute approximate surface area is 112 Å². The van der Waals surface area contributed by atoms with E-state index in [-0.39, 0.29) is 5.84 Å². The molecule has 0 saturated carbocycles. The molecular weight excluding hydrogens is 248 g/mol. The second-order valence-electron chi connectivity index (χ2n) is 4.13. The third-order valence-electron chi connectivity index (χ3n) is 2.91. The van der Waals surface area contributed by atoms with Gasteiger partial charge in [0.2, 0.25) is 0 Å². The van der Waals surface area contributed by atoms with Crippen molar-refractivity contribution in [1.82, 2.24) is 4.98 Å². The fourth-order valence-corrected chi connectivity index (χ4v) is 2.09. The van der Waals surface area contributed by atoms with Gasteiger partial charge in [-0.25, -0.2) is 4.98 Å². The molecule has 100 valence electrons. The largest absolute Gasteiger partial charge is 0.409 e. The maximum Gasteiger partial charge on any atom is 0.171 e. The van der Waals surface area contributed by atoms with Gasteiger partial charge in [0.15, 0.2) is 5.84 Å². The van der Waals surface area contributed by atoms with E-state index in [2.05, 4.69) is 28.2 Å². The summed E-state index contributed by atoms with van der Waals surface area (Å²) in [5.74, 6) is 2.10. The van der Waals surface area contributed by atoms with Crippen LogP contribution in [0.1, 0.15) is 18.9 Å². The minimum Gasteiger partial charge on any atom is -0.409 e. The van der Waals surface area contributed by atoms with Crippen molar-refractivity contribution in [1.29, 1.82) is 0 Å². The van der Waals surface area contributed by atoms with E-state index in [0.717, 1.165) is 18.0 Å². The molecule has 0 bridgehead atoms. The number of nitrogens with zero attached hydrogens (tertiary/aromatic N) is 3. The topological polar surface area (TPSA) is 74.7 Å². The van der Waals surface area contributed by atoms with Crippen molar-refractivity contribution in [2.24, 2.45) is 10.9 Å². The Morgan fingerprint density at radius 1 is 1.61 bits per heavy atom. The lowest BCUT2D eigenvalue weighted by atomic mass is 10.2. The third kappa shape index (κ3) is 3.80. The second-order valence-corrected chi connectivity index (χ2v) is 5.12. The van der Waals surface area contributed by atoms with Gasteiger partial charge in [0.25, 0.3) is 0 Å². The molecular formula is C12H20N4OS. The van der Waals surface area contributed by atoms with Crippen molar-refractivity contribution >= 4 is 23.4 Å². The number of anilines is 1. The molecule has 1 aromatic rings. The van der Waals surface area contributed by atoms with Gasteiger partial charge in [0.05, 0.1) is 0 Å². The molecule has 0 aliphatic carbocycles. The van der Waals surface area contributed by atoms with E-state index in [0.29, 0.717) is 11.6 Å². The summed E-state index contributed by atoms with van der Waals surface area (Å²) in [4.78, 5) is 6.46. The maximum atomic E-state index is 8.57. The molecule has 0 saturated heterocycles.